The summed E-state index contributed by atoms with van der Waals surface area (Å²) in [6, 6.07) is 16.0. The molecule has 2 aliphatic heterocycles. The fourth-order valence-electron chi connectivity index (χ4n) is 3.84. The first kappa shape index (κ1) is 16.6. The first-order chi connectivity index (χ1) is 12.6. The van der Waals surface area contributed by atoms with Crippen LogP contribution in [0.3, 0.4) is 0 Å². The van der Waals surface area contributed by atoms with Crippen molar-refractivity contribution < 1.29 is 9.59 Å². The zero-order chi connectivity index (χ0) is 18.1. The average Bonchev–Trinajstić information content (AvgIpc) is 3.22. The van der Waals surface area contributed by atoms with Gasteiger partial charge in [0.25, 0.3) is 5.91 Å². The van der Waals surface area contributed by atoms with Gasteiger partial charge >= 0.3 is 0 Å². The third-order valence-corrected chi connectivity index (χ3v) is 5.14. The van der Waals surface area contributed by atoms with Crippen LogP contribution in [0, 0.1) is 0 Å². The highest BCUT2D eigenvalue weighted by atomic mass is 16.2. The predicted octanol–water partition coefficient (Wildman–Crippen LogP) is 3.80. The molecule has 0 saturated carbocycles. The van der Waals surface area contributed by atoms with Crippen molar-refractivity contribution in [3.63, 3.8) is 0 Å². The minimum Gasteiger partial charge on any atom is -0.312 e. The lowest BCUT2D eigenvalue weighted by molar-refractivity contribution is -0.117. The van der Waals surface area contributed by atoms with Gasteiger partial charge < -0.3 is 9.80 Å². The fourth-order valence-corrected chi connectivity index (χ4v) is 3.84. The summed E-state index contributed by atoms with van der Waals surface area (Å²) in [5, 5.41) is 0. The zero-order valence-electron chi connectivity index (χ0n) is 14.9. The molecule has 4 nitrogen and oxygen atoms in total. The molecule has 0 N–H and O–H groups in total. The van der Waals surface area contributed by atoms with Gasteiger partial charge in [0.2, 0.25) is 5.91 Å². The molecule has 0 bridgehead atoms. The van der Waals surface area contributed by atoms with E-state index in [0.29, 0.717) is 6.42 Å². The summed E-state index contributed by atoms with van der Waals surface area (Å²) in [4.78, 5) is 28.2. The highest BCUT2D eigenvalue weighted by molar-refractivity contribution is 6.05. The molecule has 4 rings (SSSR count). The second kappa shape index (κ2) is 6.79. The molecular formula is C22H22N2O2. The van der Waals surface area contributed by atoms with Crippen LogP contribution in [-0.4, -0.2) is 24.4 Å². The van der Waals surface area contributed by atoms with Gasteiger partial charge in [-0.2, -0.15) is 0 Å². The van der Waals surface area contributed by atoms with Crippen molar-refractivity contribution in [3.8, 4) is 0 Å². The van der Waals surface area contributed by atoms with Gasteiger partial charge in [-0.1, -0.05) is 30.3 Å². The molecule has 132 valence electrons. The normalized spacial score (nSPS) is 19.4. The molecule has 26 heavy (non-hydrogen) atoms. The predicted molar refractivity (Wildman–Crippen MR) is 104 cm³/mol. The summed E-state index contributed by atoms with van der Waals surface area (Å²) in [7, 11) is 0. The minimum absolute atomic E-state index is 0.00115. The van der Waals surface area contributed by atoms with Crippen molar-refractivity contribution in [2.75, 3.05) is 16.3 Å². The SMILES string of the molecule is C[C@@H]1Cc2ccccc2N1C(=O)/C=C/c1ccc(N2CCCC2=O)cc1. The first-order valence-electron chi connectivity index (χ1n) is 9.13. The maximum absolute atomic E-state index is 12.7. The molecule has 2 aliphatic rings. The molecule has 1 atom stereocenters. The van der Waals surface area contributed by atoms with Crippen molar-refractivity contribution in [2.24, 2.45) is 0 Å². The number of hydrogen-bond donors (Lipinski definition) is 0. The second-order valence-electron chi connectivity index (χ2n) is 6.96. The summed E-state index contributed by atoms with van der Waals surface area (Å²) in [5.41, 5.74) is 4.12. The van der Waals surface area contributed by atoms with Crippen molar-refractivity contribution in [1.82, 2.24) is 0 Å². The molecule has 0 radical (unpaired) electrons. The Hall–Kier alpha value is -2.88. The number of carbonyl (C=O) groups is 2. The van der Waals surface area contributed by atoms with Crippen LogP contribution in [-0.2, 0) is 16.0 Å². The molecule has 2 amide bonds. The number of carbonyl (C=O) groups excluding carboxylic acids is 2. The zero-order valence-corrected chi connectivity index (χ0v) is 14.9. The number of rotatable bonds is 3. The molecule has 1 saturated heterocycles. The van der Waals surface area contributed by atoms with Crippen LogP contribution in [0.4, 0.5) is 11.4 Å². The van der Waals surface area contributed by atoms with Crippen LogP contribution in [0.15, 0.2) is 54.6 Å². The Morgan fingerprint density at radius 2 is 1.88 bits per heavy atom. The summed E-state index contributed by atoms with van der Waals surface area (Å²) in [6.45, 7) is 2.87. The lowest BCUT2D eigenvalue weighted by Gasteiger charge is -2.21. The standard InChI is InChI=1S/C22H22N2O2/c1-16-15-18-5-2-3-6-20(18)24(16)22(26)13-10-17-8-11-19(12-9-17)23-14-4-7-21(23)25/h2-3,5-6,8-13,16H,4,7,14-15H2,1H3/b13-10+/t16-/m1/s1. The molecule has 4 heteroatoms. The third-order valence-electron chi connectivity index (χ3n) is 5.14. The molecule has 0 spiro atoms. The highest BCUT2D eigenvalue weighted by Crippen LogP contribution is 2.32. The fraction of sp³-hybridized carbons (Fsp3) is 0.273. The molecule has 0 unspecified atom stereocenters. The second-order valence-corrected chi connectivity index (χ2v) is 6.96. The quantitative estimate of drug-likeness (QED) is 0.793. The van der Waals surface area contributed by atoms with Gasteiger partial charge in [0.1, 0.15) is 0 Å². The van der Waals surface area contributed by atoms with E-state index in [1.54, 1.807) is 6.08 Å². The highest BCUT2D eigenvalue weighted by Gasteiger charge is 2.29. The van der Waals surface area contributed by atoms with E-state index in [-0.39, 0.29) is 17.9 Å². The molecule has 0 aliphatic carbocycles. The summed E-state index contributed by atoms with van der Waals surface area (Å²) < 4.78 is 0. The Kier molecular flexibility index (Phi) is 4.33. The number of para-hydroxylation sites is 1. The van der Waals surface area contributed by atoms with Gasteiger partial charge in [0.15, 0.2) is 0 Å². The van der Waals surface area contributed by atoms with Crippen molar-refractivity contribution in [2.45, 2.75) is 32.2 Å². The van der Waals surface area contributed by atoms with E-state index in [9.17, 15) is 9.59 Å². The topological polar surface area (TPSA) is 40.6 Å². The summed E-state index contributed by atoms with van der Waals surface area (Å²) >= 11 is 0. The molecule has 2 aromatic carbocycles. The van der Waals surface area contributed by atoms with E-state index >= 15 is 0 Å². The number of amides is 2. The van der Waals surface area contributed by atoms with E-state index < -0.39 is 0 Å². The number of hydrogen-bond acceptors (Lipinski definition) is 2. The summed E-state index contributed by atoms with van der Waals surface area (Å²) in [5.74, 6) is 0.186. The number of benzene rings is 2. The Morgan fingerprint density at radius 3 is 2.62 bits per heavy atom. The van der Waals surface area contributed by atoms with Crippen LogP contribution in [0.5, 0.6) is 0 Å². The summed E-state index contributed by atoms with van der Waals surface area (Å²) in [6.07, 6.45) is 5.92. The van der Waals surface area contributed by atoms with Gasteiger partial charge in [-0.05, 0) is 55.2 Å². The first-order valence-corrected chi connectivity index (χ1v) is 9.13. The molecule has 0 aromatic heterocycles. The largest absolute Gasteiger partial charge is 0.312 e. The smallest absolute Gasteiger partial charge is 0.251 e. The monoisotopic (exact) mass is 346 g/mol. The van der Waals surface area contributed by atoms with Gasteiger partial charge in [0, 0.05) is 36.5 Å². The molecule has 1 fully saturated rings. The maximum atomic E-state index is 12.7. The molecular weight excluding hydrogens is 324 g/mol. The van der Waals surface area contributed by atoms with E-state index in [4.69, 9.17) is 0 Å². The van der Waals surface area contributed by atoms with E-state index in [2.05, 4.69) is 13.0 Å². The van der Waals surface area contributed by atoms with Gasteiger partial charge in [-0.25, -0.2) is 0 Å². The number of anilines is 2. The van der Waals surface area contributed by atoms with Crippen molar-refractivity contribution in [3.05, 3.63) is 65.7 Å². The minimum atomic E-state index is 0.00115. The number of fused-ring (bicyclic) bond motifs is 1. The Balaban J connectivity index is 1.48. The van der Waals surface area contributed by atoms with Crippen LogP contribution < -0.4 is 9.80 Å². The third kappa shape index (κ3) is 3.03. The van der Waals surface area contributed by atoms with Gasteiger partial charge in [0.05, 0.1) is 0 Å². The number of nitrogens with zero attached hydrogens (tertiary/aromatic N) is 2. The lowest BCUT2D eigenvalue weighted by atomic mass is 10.1. The maximum Gasteiger partial charge on any atom is 0.251 e. The van der Waals surface area contributed by atoms with Crippen LogP contribution in [0.2, 0.25) is 0 Å². The van der Waals surface area contributed by atoms with E-state index in [0.717, 1.165) is 36.3 Å². The van der Waals surface area contributed by atoms with Gasteiger partial charge in [-0.3, -0.25) is 9.59 Å². The van der Waals surface area contributed by atoms with E-state index in [1.807, 2.05) is 58.3 Å². The van der Waals surface area contributed by atoms with Gasteiger partial charge in [-0.15, -0.1) is 0 Å². The molecule has 2 aromatic rings. The molecule has 2 heterocycles. The lowest BCUT2D eigenvalue weighted by Crippen LogP contribution is -2.34. The Bertz CT molecular complexity index is 870. The van der Waals surface area contributed by atoms with Crippen LogP contribution in [0.1, 0.15) is 30.9 Å². The Morgan fingerprint density at radius 1 is 1.12 bits per heavy atom. The Labute approximate surface area is 153 Å². The van der Waals surface area contributed by atoms with Crippen LogP contribution in [0.25, 0.3) is 6.08 Å². The average molecular weight is 346 g/mol. The van der Waals surface area contributed by atoms with Crippen molar-refractivity contribution in [1.29, 1.82) is 0 Å². The van der Waals surface area contributed by atoms with E-state index in [1.165, 1.54) is 5.56 Å². The van der Waals surface area contributed by atoms with Crippen LogP contribution >= 0.6 is 0 Å². The van der Waals surface area contributed by atoms with Crippen molar-refractivity contribution >= 4 is 29.3 Å².